The Labute approximate surface area is 98.5 Å². The summed E-state index contributed by atoms with van der Waals surface area (Å²) >= 11 is 5.88. The summed E-state index contributed by atoms with van der Waals surface area (Å²) in [5.41, 5.74) is 2.23. The Morgan fingerprint density at radius 2 is 2.12 bits per heavy atom. The fourth-order valence-corrected chi connectivity index (χ4v) is 1.51. The predicted octanol–water partition coefficient (Wildman–Crippen LogP) is 1.78. The first-order valence-electron chi connectivity index (χ1n) is 4.86. The lowest BCUT2D eigenvalue weighted by atomic mass is 10.2. The molecular weight excluding hydrogens is 226 g/mol. The minimum atomic E-state index is 0.379. The van der Waals surface area contributed by atoms with E-state index in [0.29, 0.717) is 17.5 Å². The van der Waals surface area contributed by atoms with Crippen molar-refractivity contribution in [2.75, 3.05) is 5.32 Å². The molecule has 0 aromatic carbocycles. The highest BCUT2D eigenvalue weighted by molar-refractivity contribution is 6.31. The van der Waals surface area contributed by atoms with E-state index in [9.17, 15) is 0 Å². The average Bonchev–Trinajstić information content (AvgIpc) is 2.59. The van der Waals surface area contributed by atoms with E-state index in [0.717, 1.165) is 11.3 Å². The number of hydrogen-bond acceptors (Lipinski definition) is 4. The van der Waals surface area contributed by atoms with Gasteiger partial charge in [-0.3, -0.25) is 4.68 Å². The molecule has 16 heavy (non-hydrogen) atoms. The Morgan fingerprint density at radius 3 is 2.75 bits per heavy atom. The van der Waals surface area contributed by atoms with Crippen LogP contribution in [0.2, 0.25) is 5.15 Å². The fraction of sp³-hybridized carbons (Fsp3) is 0.300. The molecule has 0 saturated carbocycles. The molecule has 0 amide bonds. The third-order valence-electron chi connectivity index (χ3n) is 2.44. The van der Waals surface area contributed by atoms with Gasteiger partial charge in [0, 0.05) is 37.2 Å². The number of anilines is 1. The summed E-state index contributed by atoms with van der Waals surface area (Å²) < 4.78 is 1.83. The molecule has 0 radical (unpaired) electrons. The summed E-state index contributed by atoms with van der Waals surface area (Å²) in [5, 5.41) is 7.66. The van der Waals surface area contributed by atoms with Gasteiger partial charge in [0.15, 0.2) is 11.0 Å². The molecule has 0 aliphatic rings. The highest BCUT2D eigenvalue weighted by atomic mass is 35.5. The number of aromatic nitrogens is 4. The number of aryl methyl sites for hydroxylation is 1. The van der Waals surface area contributed by atoms with Crippen molar-refractivity contribution < 1.29 is 0 Å². The van der Waals surface area contributed by atoms with Gasteiger partial charge in [-0.2, -0.15) is 5.10 Å². The second-order valence-corrected chi connectivity index (χ2v) is 3.79. The minimum Gasteiger partial charge on any atom is -0.363 e. The summed E-state index contributed by atoms with van der Waals surface area (Å²) in [4.78, 5) is 8.04. The average molecular weight is 238 g/mol. The zero-order valence-corrected chi connectivity index (χ0v) is 9.86. The lowest BCUT2D eigenvalue weighted by Crippen LogP contribution is -2.03. The topological polar surface area (TPSA) is 55.6 Å². The van der Waals surface area contributed by atoms with E-state index in [-0.39, 0.29) is 0 Å². The maximum absolute atomic E-state index is 5.88. The molecule has 5 nitrogen and oxygen atoms in total. The Balaban J connectivity index is 2.08. The largest absolute Gasteiger partial charge is 0.363 e. The number of halogens is 1. The summed E-state index contributed by atoms with van der Waals surface area (Å²) in [5.74, 6) is 0.590. The van der Waals surface area contributed by atoms with Gasteiger partial charge in [-0.15, -0.1) is 0 Å². The van der Waals surface area contributed by atoms with E-state index >= 15 is 0 Å². The first-order valence-corrected chi connectivity index (χ1v) is 5.24. The van der Waals surface area contributed by atoms with E-state index in [1.165, 1.54) is 0 Å². The number of rotatable bonds is 3. The molecule has 2 heterocycles. The second kappa shape index (κ2) is 4.49. The SMILES string of the molecule is Cc1c(CNc2nccnc2Cl)cnn1C. The van der Waals surface area contributed by atoms with Crippen LogP contribution in [-0.2, 0) is 13.6 Å². The number of nitrogens with one attached hydrogen (secondary N) is 1. The number of hydrogen-bond donors (Lipinski definition) is 1. The van der Waals surface area contributed by atoms with Crippen LogP contribution in [0.25, 0.3) is 0 Å². The maximum Gasteiger partial charge on any atom is 0.171 e. The molecule has 1 N–H and O–H groups in total. The van der Waals surface area contributed by atoms with Gasteiger partial charge >= 0.3 is 0 Å². The first-order chi connectivity index (χ1) is 7.68. The Morgan fingerprint density at radius 1 is 1.38 bits per heavy atom. The van der Waals surface area contributed by atoms with E-state index in [1.807, 2.05) is 24.9 Å². The van der Waals surface area contributed by atoms with Gasteiger partial charge in [0.2, 0.25) is 0 Å². The van der Waals surface area contributed by atoms with Crippen molar-refractivity contribution in [3.05, 3.63) is 35.0 Å². The van der Waals surface area contributed by atoms with Crippen LogP contribution >= 0.6 is 11.6 Å². The summed E-state index contributed by atoms with van der Waals surface area (Å²) in [6, 6.07) is 0. The van der Waals surface area contributed by atoms with Crippen LogP contribution in [-0.4, -0.2) is 19.7 Å². The van der Waals surface area contributed by atoms with Gasteiger partial charge in [-0.1, -0.05) is 11.6 Å². The fourth-order valence-electron chi connectivity index (χ4n) is 1.34. The highest BCUT2D eigenvalue weighted by Gasteiger charge is 2.05. The van der Waals surface area contributed by atoms with Crippen molar-refractivity contribution in [1.29, 1.82) is 0 Å². The third-order valence-corrected chi connectivity index (χ3v) is 2.71. The van der Waals surface area contributed by atoms with Crippen LogP contribution in [0.4, 0.5) is 5.82 Å². The van der Waals surface area contributed by atoms with Crippen molar-refractivity contribution >= 4 is 17.4 Å². The highest BCUT2D eigenvalue weighted by Crippen LogP contribution is 2.16. The van der Waals surface area contributed by atoms with E-state index in [1.54, 1.807) is 12.4 Å². The Bertz CT molecular complexity index is 494. The van der Waals surface area contributed by atoms with Crippen LogP contribution in [0.5, 0.6) is 0 Å². The Hall–Kier alpha value is -1.62. The van der Waals surface area contributed by atoms with Crippen LogP contribution in [0.15, 0.2) is 18.6 Å². The van der Waals surface area contributed by atoms with Gasteiger partial charge in [-0.05, 0) is 6.92 Å². The zero-order valence-electron chi connectivity index (χ0n) is 9.11. The van der Waals surface area contributed by atoms with Crippen molar-refractivity contribution in [2.24, 2.45) is 7.05 Å². The Kier molecular flexibility index (Phi) is 3.05. The van der Waals surface area contributed by atoms with Crippen LogP contribution in [0.3, 0.4) is 0 Å². The smallest absolute Gasteiger partial charge is 0.171 e. The van der Waals surface area contributed by atoms with E-state index in [4.69, 9.17) is 11.6 Å². The van der Waals surface area contributed by atoms with Crippen LogP contribution < -0.4 is 5.32 Å². The standard InChI is InChI=1S/C10H12ClN5/c1-7-8(6-15-16(7)2)5-14-10-9(11)12-3-4-13-10/h3-4,6H,5H2,1-2H3,(H,13,14). The minimum absolute atomic E-state index is 0.379. The summed E-state index contributed by atoms with van der Waals surface area (Å²) in [7, 11) is 1.91. The molecule has 0 spiro atoms. The molecule has 0 atom stereocenters. The molecule has 2 aromatic rings. The molecule has 6 heteroatoms. The van der Waals surface area contributed by atoms with Gasteiger partial charge < -0.3 is 5.32 Å². The van der Waals surface area contributed by atoms with Crippen LogP contribution in [0.1, 0.15) is 11.3 Å². The molecule has 0 fully saturated rings. The molecule has 0 unspecified atom stereocenters. The molecule has 0 saturated heterocycles. The van der Waals surface area contributed by atoms with Gasteiger partial charge in [0.1, 0.15) is 0 Å². The van der Waals surface area contributed by atoms with E-state index < -0.39 is 0 Å². The molecule has 2 aromatic heterocycles. The molecule has 0 aliphatic heterocycles. The molecule has 2 rings (SSSR count). The quantitative estimate of drug-likeness (QED) is 0.884. The van der Waals surface area contributed by atoms with Crippen molar-refractivity contribution in [2.45, 2.75) is 13.5 Å². The van der Waals surface area contributed by atoms with E-state index in [2.05, 4.69) is 20.4 Å². The van der Waals surface area contributed by atoms with Crippen molar-refractivity contribution in [3.63, 3.8) is 0 Å². The van der Waals surface area contributed by atoms with Gasteiger partial charge in [-0.25, -0.2) is 9.97 Å². The molecule has 84 valence electrons. The monoisotopic (exact) mass is 237 g/mol. The van der Waals surface area contributed by atoms with Crippen molar-refractivity contribution in [1.82, 2.24) is 19.7 Å². The number of nitrogens with zero attached hydrogens (tertiary/aromatic N) is 4. The van der Waals surface area contributed by atoms with Gasteiger partial charge in [0.25, 0.3) is 0 Å². The third kappa shape index (κ3) is 2.14. The van der Waals surface area contributed by atoms with Crippen LogP contribution in [0, 0.1) is 6.92 Å². The molecule has 0 bridgehead atoms. The zero-order chi connectivity index (χ0) is 11.5. The lowest BCUT2D eigenvalue weighted by Gasteiger charge is -2.05. The maximum atomic E-state index is 5.88. The molecule has 0 aliphatic carbocycles. The van der Waals surface area contributed by atoms with Crippen molar-refractivity contribution in [3.8, 4) is 0 Å². The molecular formula is C10H12ClN5. The first kappa shape index (κ1) is 10.9. The normalized spacial score (nSPS) is 10.4. The summed E-state index contributed by atoms with van der Waals surface area (Å²) in [6.07, 6.45) is 4.99. The van der Waals surface area contributed by atoms with Gasteiger partial charge in [0.05, 0.1) is 6.20 Å². The second-order valence-electron chi connectivity index (χ2n) is 3.43. The predicted molar refractivity (Wildman–Crippen MR) is 62.3 cm³/mol. The lowest BCUT2D eigenvalue weighted by molar-refractivity contribution is 0.738. The summed E-state index contributed by atoms with van der Waals surface area (Å²) in [6.45, 7) is 2.65.